The van der Waals surface area contributed by atoms with Gasteiger partial charge in [0.25, 0.3) is 0 Å². The summed E-state index contributed by atoms with van der Waals surface area (Å²) in [6, 6.07) is 14.5. The Morgan fingerprint density at radius 2 is 1.81 bits per heavy atom. The van der Waals surface area contributed by atoms with Crippen molar-refractivity contribution in [2.75, 3.05) is 7.05 Å². The molecule has 136 valence electrons. The molecule has 1 aromatic heterocycles. The Morgan fingerprint density at radius 1 is 1.08 bits per heavy atom. The Labute approximate surface area is 168 Å². The van der Waals surface area contributed by atoms with Crippen LogP contribution in [0, 0.1) is 5.82 Å². The summed E-state index contributed by atoms with van der Waals surface area (Å²) in [6.07, 6.45) is 3.16. The minimum absolute atomic E-state index is 0. The van der Waals surface area contributed by atoms with Crippen LogP contribution in [0.2, 0.25) is 0 Å². The SMILES string of the molecule is CN=C(NCc1ccc(-n2cncn2)cc1)NCc1cccc(F)c1.I. The van der Waals surface area contributed by atoms with E-state index in [4.69, 9.17) is 0 Å². The molecule has 0 aliphatic heterocycles. The van der Waals surface area contributed by atoms with Crippen molar-refractivity contribution in [1.82, 2.24) is 25.4 Å². The van der Waals surface area contributed by atoms with Crippen LogP contribution in [0.25, 0.3) is 5.69 Å². The molecule has 0 saturated heterocycles. The predicted octanol–water partition coefficient (Wildman–Crippen LogP) is 2.89. The molecule has 0 spiro atoms. The van der Waals surface area contributed by atoms with Gasteiger partial charge in [0.1, 0.15) is 18.5 Å². The fourth-order valence-corrected chi connectivity index (χ4v) is 2.35. The van der Waals surface area contributed by atoms with Gasteiger partial charge in [-0.1, -0.05) is 24.3 Å². The second-order valence-electron chi connectivity index (χ2n) is 5.42. The zero-order chi connectivity index (χ0) is 17.5. The molecule has 0 amide bonds. The maximum absolute atomic E-state index is 13.2. The Bertz CT molecular complexity index is 833. The number of hydrogen-bond donors (Lipinski definition) is 2. The van der Waals surface area contributed by atoms with Gasteiger partial charge in [-0.05, 0) is 35.4 Å². The van der Waals surface area contributed by atoms with Crippen LogP contribution < -0.4 is 10.6 Å². The molecule has 0 unspecified atom stereocenters. The van der Waals surface area contributed by atoms with E-state index in [0.29, 0.717) is 19.0 Å². The first kappa shape index (κ1) is 19.8. The average molecular weight is 466 g/mol. The summed E-state index contributed by atoms with van der Waals surface area (Å²) in [5, 5.41) is 10.5. The van der Waals surface area contributed by atoms with Gasteiger partial charge in [-0.3, -0.25) is 4.99 Å². The number of aromatic nitrogens is 3. The molecular formula is C18H20FIN6. The van der Waals surface area contributed by atoms with Crippen molar-refractivity contribution < 1.29 is 4.39 Å². The summed E-state index contributed by atoms with van der Waals surface area (Å²) in [6.45, 7) is 1.13. The van der Waals surface area contributed by atoms with Crippen LogP contribution in [-0.2, 0) is 13.1 Å². The van der Waals surface area contributed by atoms with E-state index in [-0.39, 0.29) is 29.8 Å². The van der Waals surface area contributed by atoms with E-state index in [2.05, 4.69) is 25.7 Å². The first-order valence-corrected chi connectivity index (χ1v) is 7.87. The third kappa shape index (κ3) is 5.51. The highest BCUT2D eigenvalue weighted by Gasteiger charge is 2.01. The Morgan fingerprint density at radius 3 is 2.42 bits per heavy atom. The molecule has 0 saturated carbocycles. The lowest BCUT2D eigenvalue weighted by molar-refractivity contribution is 0.624. The highest BCUT2D eigenvalue weighted by atomic mass is 127. The normalized spacial score (nSPS) is 10.9. The standard InChI is InChI=1S/C18H19FN6.HI/c1-20-18(23-11-15-3-2-4-16(19)9-15)22-10-14-5-7-17(8-6-14)25-13-21-12-24-25;/h2-9,12-13H,10-11H2,1H3,(H2,20,22,23);1H. The lowest BCUT2D eigenvalue weighted by atomic mass is 10.2. The van der Waals surface area contributed by atoms with Gasteiger partial charge in [0.05, 0.1) is 5.69 Å². The highest BCUT2D eigenvalue weighted by molar-refractivity contribution is 14.0. The number of hydrogen-bond acceptors (Lipinski definition) is 3. The predicted molar refractivity (Wildman–Crippen MR) is 110 cm³/mol. The van der Waals surface area contributed by atoms with Crippen molar-refractivity contribution in [1.29, 1.82) is 0 Å². The number of guanidine groups is 1. The fraction of sp³-hybridized carbons (Fsp3) is 0.167. The van der Waals surface area contributed by atoms with Crippen LogP contribution in [0.3, 0.4) is 0 Å². The minimum Gasteiger partial charge on any atom is -0.352 e. The van der Waals surface area contributed by atoms with Crippen molar-refractivity contribution >= 4 is 29.9 Å². The van der Waals surface area contributed by atoms with Crippen LogP contribution in [0.1, 0.15) is 11.1 Å². The Balaban J connectivity index is 0.00000243. The number of rotatable bonds is 5. The average Bonchev–Trinajstić information content (AvgIpc) is 3.17. The Hall–Kier alpha value is -2.49. The second kappa shape index (κ2) is 9.85. The molecule has 0 aliphatic carbocycles. The van der Waals surface area contributed by atoms with Crippen molar-refractivity contribution in [2.24, 2.45) is 4.99 Å². The van der Waals surface area contributed by atoms with Gasteiger partial charge >= 0.3 is 0 Å². The van der Waals surface area contributed by atoms with E-state index in [1.54, 1.807) is 24.1 Å². The van der Waals surface area contributed by atoms with Gasteiger partial charge in [-0.25, -0.2) is 14.1 Å². The van der Waals surface area contributed by atoms with Gasteiger partial charge < -0.3 is 10.6 Å². The molecule has 8 heteroatoms. The molecule has 0 bridgehead atoms. The van der Waals surface area contributed by atoms with E-state index in [9.17, 15) is 4.39 Å². The van der Waals surface area contributed by atoms with Gasteiger partial charge in [0.15, 0.2) is 5.96 Å². The lowest BCUT2D eigenvalue weighted by Crippen LogP contribution is -2.36. The van der Waals surface area contributed by atoms with E-state index >= 15 is 0 Å². The van der Waals surface area contributed by atoms with Crippen molar-refractivity contribution in [3.05, 3.63) is 78.1 Å². The molecule has 0 atom stereocenters. The first-order valence-electron chi connectivity index (χ1n) is 7.87. The summed E-state index contributed by atoms with van der Waals surface area (Å²) < 4.78 is 14.9. The molecule has 2 aromatic carbocycles. The molecular weight excluding hydrogens is 446 g/mol. The Kier molecular flexibility index (Phi) is 7.52. The number of nitrogens with one attached hydrogen (secondary N) is 2. The van der Waals surface area contributed by atoms with Gasteiger partial charge in [0, 0.05) is 20.1 Å². The van der Waals surface area contributed by atoms with Gasteiger partial charge in [0.2, 0.25) is 0 Å². The largest absolute Gasteiger partial charge is 0.352 e. The zero-order valence-electron chi connectivity index (χ0n) is 14.3. The topological polar surface area (TPSA) is 67.1 Å². The highest BCUT2D eigenvalue weighted by Crippen LogP contribution is 2.08. The summed E-state index contributed by atoms with van der Waals surface area (Å²) in [5.41, 5.74) is 2.92. The van der Waals surface area contributed by atoms with Gasteiger partial charge in [-0.15, -0.1) is 24.0 Å². The van der Waals surface area contributed by atoms with Crippen LogP contribution in [-0.4, -0.2) is 27.8 Å². The minimum atomic E-state index is -0.241. The zero-order valence-corrected chi connectivity index (χ0v) is 16.6. The molecule has 26 heavy (non-hydrogen) atoms. The summed E-state index contributed by atoms with van der Waals surface area (Å²) >= 11 is 0. The molecule has 0 radical (unpaired) electrons. The van der Waals surface area contributed by atoms with E-state index in [1.165, 1.54) is 18.5 Å². The van der Waals surface area contributed by atoms with E-state index in [0.717, 1.165) is 16.8 Å². The van der Waals surface area contributed by atoms with Crippen molar-refractivity contribution in [3.63, 3.8) is 0 Å². The molecule has 2 N–H and O–H groups in total. The smallest absolute Gasteiger partial charge is 0.191 e. The maximum Gasteiger partial charge on any atom is 0.191 e. The number of halogens is 2. The van der Waals surface area contributed by atoms with Crippen LogP contribution in [0.5, 0.6) is 0 Å². The molecule has 0 aliphatic rings. The summed E-state index contributed by atoms with van der Waals surface area (Å²) in [7, 11) is 1.70. The summed E-state index contributed by atoms with van der Waals surface area (Å²) in [4.78, 5) is 8.11. The first-order chi connectivity index (χ1) is 12.2. The second-order valence-corrected chi connectivity index (χ2v) is 5.42. The molecule has 3 rings (SSSR count). The quantitative estimate of drug-likeness (QED) is 0.345. The van der Waals surface area contributed by atoms with Crippen LogP contribution in [0.4, 0.5) is 4.39 Å². The maximum atomic E-state index is 13.2. The monoisotopic (exact) mass is 466 g/mol. The molecule has 3 aromatic rings. The third-order valence-corrected chi connectivity index (χ3v) is 3.65. The van der Waals surface area contributed by atoms with E-state index < -0.39 is 0 Å². The molecule has 6 nitrogen and oxygen atoms in total. The number of nitrogens with zero attached hydrogens (tertiary/aromatic N) is 4. The van der Waals surface area contributed by atoms with Crippen molar-refractivity contribution in [3.8, 4) is 5.69 Å². The van der Waals surface area contributed by atoms with E-state index in [1.807, 2.05) is 30.3 Å². The fourth-order valence-electron chi connectivity index (χ4n) is 2.35. The van der Waals surface area contributed by atoms with Crippen LogP contribution >= 0.6 is 24.0 Å². The summed E-state index contributed by atoms with van der Waals surface area (Å²) in [5.74, 6) is 0.416. The third-order valence-electron chi connectivity index (χ3n) is 3.65. The van der Waals surface area contributed by atoms with Gasteiger partial charge in [-0.2, -0.15) is 5.10 Å². The van der Waals surface area contributed by atoms with Crippen molar-refractivity contribution in [2.45, 2.75) is 13.1 Å². The number of benzene rings is 2. The number of aliphatic imine (C=N–C) groups is 1. The molecule has 0 fully saturated rings. The lowest BCUT2D eigenvalue weighted by Gasteiger charge is -2.12. The molecule has 1 heterocycles. The van der Waals surface area contributed by atoms with Crippen LogP contribution in [0.15, 0.2) is 66.2 Å².